The third-order valence-corrected chi connectivity index (χ3v) is 3.00. The molecule has 3 rings (SSSR count). The molecule has 1 atom stereocenters. The van der Waals surface area contributed by atoms with E-state index in [4.69, 9.17) is 11.6 Å². The molecule has 3 N–H and O–H groups in total. The Bertz CT molecular complexity index is 669. The Labute approximate surface area is 111 Å². The Kier molecular flexibility index (Phi) is 2.79. The summed E-state index contributed by atoms with van der Waals surface area (Å²) in [7, 11) is 0. The van der Waals surface area contributed by atoms with Crippen LogP contribution in [0, 0.1) is 0 Å². The minimum atomic E-state index is -0.526. The van der Waals surface area contributed by atoms with E-state index in [-0.39, 0.29) is 23.5 Å². The first kappa shape index (κ1) is 11.8. The van der Waals surface area contributed by atoms with Gasteiger partial charge in [0.05, 0.1) is 11.6 Å². The summed E-state index contributed by atoms with van der Waals surface area (Å²) in [6.45, 7) is 0. The number of carbonyl (C=O) groups is 2. The molecule has 9 heteroatoms. The molecule has 0 spiro atoms. The fraction of sp³-hybridized carbons (Fsp3) is 0.300. The number of hydrogen-bond donors (Lipinski definition) is 3. The van der Waals surface area contributed by atoms with E-state index >= 15 is 0 Å². The predicted octanol–water partition coefficient (Wildman–Crippen LogP) is 0.223. The van der Waals surface area contributed by atoms with Gasteiger partial charge in [0, 0.05) is 6.42 Å². The number of aromatic nitrogens is 4. The summed E-state index contributed by atoms with van der Waals surface area (Å²) in [5.41, 5.74) is 0.481. The number of anilines is 1. The molecule has 0 radical (unpaired) electrons. The Morgan fingerprint density at radius 3 is 3.00 bits per heavy atom. The number of hydrogen-bond acceptors (Lipinski definition) is 6. The largest absolute Gasteiger partial charge is 0.358 e. The molecule has 19 heavy (non-hydrogen) atoms. The fourth-order valence-electron chi connectivity index (χ4n) is 1.91. The molecule has 0 saturated carbocycles. The summed E-state index contributed by atoms with van der Waals surface area (Å²) in [6, 6.07) is -0.526. The van der Waals surface area contributed by atoms with E-state index in [0.717, 1.165) is 0 Å². The maximum atomic E-state index is 11.7. The number of nitrogens with zero attached hydrogens (tertiary/aromatic N) is 3. The van der Waals surface area contributed by atoms with Gasteiger partial charge in [0.2, 0.25) is 17.1 Å². The van der Waals surface area contributed by atoms with Crippen LogP contribution in [0.5, 0.6) is 0 Å². The fourth-order valence-corrected chi connectivity index (χ4v) is 2.08. The molecule has 2 aromatic heterocycles. The second kappa shape index (κ2) is 4.47. The Hall–Kier alpha value is -2.22. The van der Waals surface area contributed by atoms with E-state index < -0.39 is 6.04 Å². The zero-order valence-electron chi connectivity index (χ0n) is 9.61. The van der Waals surface area contributed by atoms with Crippen LogP contribution in [0.3, 0.4) is 0 Å². The summed E-state index contributed by atoms with van der Waals surface area (Å²) in [6.07, 6.45) is 2.24. The quantitative estimate of drug-likeness (QED) is 0.536. The molecule has 1 aliphatic rings. The number of piperidine rings is 1. The van der Waals surface area contributed by atoms with E-state index in [0.29, 0.717) is 23.3 Å². The average molecular weight is 281 g/mol. The lowest BCUT2D eigenvalue weighted by atomic mass is 10.1. The van der Waals surface area contributed by atoms with E-state index in [9.17, 15) is 9.59 Å². The van der Waals surface area contributed by atoms with Crippen LogP contribution in [0.15, 0.2) is 6.20 Å². The summed E-state index contributed by atoms with van der Waals surface area (Å²) < 4.78 is 0. The van der Waals surface area contributed by atoms with Gasteiger partial charge in [0.1, 0.15) is 11.9 Å². The lowest BCUT2D eigenvalue weighted by molar-refractivity contribution is -0.133. The van der Waals surface area contributed by atoms with Crippen LogP contribution < -0.4 is 10.6 Å². The summed E-state index contributed by atoms with van der Waals surface area (Å²) in [5.74, 6) is -0.224. The number of amides is 2. The highest BCUT2D eigenvalue weighted by atomic mass is 35.5. The third-order valence-electron chi connectivity index (χ3n) is 2.83. The molecule has 1 fully saturated rings. The van der Waals surface area contributed by atoms with Gasteiger partial charge in [-0.1, -0.05) is 0 Å². The van der Waals surface area contributed by atoms with Crippen LogP contribution in [0.25, 0.3) is 11.0 Å². The SMILES string of the molecule is O=C1CCC(Nc2nc(Cl)nc3[nH]ncc23)C(=O)N1. The second-order valence-electron chi connectivity index (χ2n) is 4.12. The lowest BCUT2D eigenvalue weighted by Crippen LogP contribution is -2.47. The monoisotopic (exact) mass is 280 g/mol. The zero-order chi connectivity index (χ0) is 13.4. The van der Waals surface area contributed by atoms with Crippen molar-refractivity contribution >= 4 is 40.3 Å². The van der Waals surface area contributed by atoms with Crippen LogP contribution >= 0.6 is 11.6 Å². The smallest absolute Gasteiger partial charge is 0.249 e. The average Bonchev–Trinajstić information content (AvgIpc) is 2.80. The number of H-pyrrole nitrogens is 1. The van der Waals surface area contributed by atoms with Gasteiger partial charge in [-0.15, -0.1) is 0 Å². The molecule has 0 aromatic carbocycles. The number of aromatic amines is 1. The number of rotatable bonds is 2. The first-order chi connectivity index (χ1) is 9.13. The Morgan fingerprint density at radius 1 is 1.37 bits per heavy atom. The number of halogens is 1. The number of imide groups is 1. The van der Waals surface area contributed by atoms with Crippen LogP contribution in [-0.2, 0) is 9.59 Å². The van der Waals surface area contributed by atoms with Crippen LogP contribution in [0.2, 0.25) is 5.28 Å². The van der Waals surface area contributed by atoms with Crippen LogP contribution in [0.1, 0.15) is 12.8 Å². The molecule has 8 nitrogen and oxygen atoms in total. The van der Waals surface area contributed by atoms with Gasteiger partial charge in [-0.05, 0) is 18.0 Å². The third kappa shape index (κ3) is 2.22. The van der Waals surface area contributed by atoms with Crippen LogP contribution in [0.4, 0.5) is 5.82 Å². The molecular formula is C10H9ClN6O2. The Morgan fingerprint density at radius 2 is 2.21 bits per heavy atom. The highest BCUT2D eigenvalue weighted by Gasteiger charge is 2.27. The van der Waals surface area contributed by atoms with Gasteiger partial charge in [0.15, 0.2) is 5.65 Å². The second-order valence-corrected chi connectivity index (χ2v) is 4.46. The molecule has 0 bridgehead atoms. The van der Waals surface area contributed by atoms with E-state index in [1.165, 1.54) is 0 Å². The van der Waals surface area contributed by atoms with Gasteiger partial charge < -0.3 is 5.32 Å². The Balaban J connectivity index is 1.91. The van der Waals surface area contributed by atoms with Crippen molar-refractivity contribution in [3.63, 3.8) is 0 Å². The highest BCUT2D eigenvalue weighted by Crippen LogP contribution is 2.22. The molecule has 2 amide bonds. The van der Waals surface area contributed by atoms with Crippen molar-refractivity contribution in [1.82, 2.24) is 25.5 Å². The van der Waals surface area contributed by atoms with E-state index in [1.54, 1.807) is 6.20 Å². The maximum Gasteiger partial charge on any atom is 0.249 e. The molecule has 1 saturated heterocycles. The lowest BCUT2D eigenvalue weighted by Gasteiger charge is -2.22. The standard InChI is InChI=1S/C10H9ClN6O2/c11-10-15-7(4-3-12-17-8(4)16-10)13-5-1-2-6(18)14-9(5)19/h3,5H,1-2H2,(H,14,18,19)(H2,12,13,15,16,17). The molecule has 1 unspecified atom stereocenters. The van der Waals surface area contributed by atoms with Crippen molar-refractivity contribution in [3.05, 3.63) is 11.5 Å². The number of fused-ring (bicyclic) bond motifs is 1. The van der Waals surface area contributed by atoms with Crippen LogP contribution in [-0.4, -0.2) is 38.0 Å². The number of carbonyl (C=O) groups excluding carboxylic acids is 2. The molecule has 98 valence electrons. The minimum Gasteiger partial charge on any atom is -0.358 e. The van der Waals surface area contributed by atoms with Crippen molar-refractivity contribution in [2.45, 2.75) is 18.9 Å². The number of nitrogens with one attached hydrogen (secondary N) is 3. The van der Waals surface area contributed by atoms with Crippen molar-refractivity contribution in [1.29, 1.82) is 0 Å². The normalized spacial score (nSPS) is 19.5. The molecule has 3 heterocycles. The maximum absolute atomic E-state index is 11.7. The van der Waals surface area contributed by atoms with Crippen molar-refractivity contribution in [2.75, 3.05) is 5.32 Å². The molecular weight excluding hydrogens is 272 g/mol. The molecule has 2 aromatic rings. The van der Waals surface area contributed by atoms with E-state index in [2.05, 4.69) is 30.8 Å². The van der Waals surface area contributed by atoms with Gasteiger partial charge >= 0.3 is 0 Å². The van der Waals surface area contributed by atoms with Gasteiger partial charge in [0.25, 0.3) is 0 Å². The summed E-state index contributed by atoms with van der Waals surface area (Å²) in [4.78, 5) is 30.8. The highest BCUT2D eigenvalue weighted by molar-refractivity contribution is 6.28. The first-order valence-electron chi connectivity index (χ1n) is 5.60. The van der Waals surface area contributed by atoms with Gasteiger partial charge in [-0.2, -0.15) is 15.1 Å². The summed E-state index contributed by atoms with van der Waals surface area (Å²) in [5, 5.41) is 12.4. The predicted molar refractivity (Wildman–Crippen MR) is 66.5 cm³/mol. The molecule has 1 aliphatic heterocycles. The minimum absolute atomic E-state index is 0.0477. The first-order valence-corrected chi connectivity index (χ1v) is 5.98. The topological polar surface area (TPSA) is 113 Å². The van der Waals surface area contributed by atoms with Crippen molar-refractivity contribution < 1.29 is 9.59 Å². The van der Waals surface area contributed by atoms with Crippen molar-refractivity contribution in [2.24, 2.45) is 0 Å². The van der Waals surface area contributed by atoms with E-state index in [1.807, 2.05) is 0 Å². The summed E-state index contributed by atoms with van der Waals surface area (Å²) >= 11 is 5.79. The van der Waals surface area contributed by atoms with Gasteiger partial charge in [-0.3, -0.25) is 20.0 Å². The van der Waals surface area contributed by atoms with Gasteiger partial charge in [-0.25, -0.2) is 0 Å². The molecule has 0 aliphatic carbocycles. The van der Waals surface area contributed by atoms with Crippen molar-refractivity contribution in [3.8, 4) is 0 Å². The zero-order valence-corrected chi connectivity index (χ0v) is 10.4.